The van der Waals surface area contributed by atoms with Gasteiger partial charge in [-0.05, 0) is 35.9 Å². The van der Waals surface area contributed by atoms with Gasteiger partial charge in [0.1, 0.15) is 5.69 Å². The van der Waals surface area contributed by atoms with E-state index in [4.69, 9.17) is 0 Å². The standard InChI is InChI=1S/C17H14N4O/c22-17(15-7-1-2-9-19-15)21-12-14-6-4-10-20-16(14)13-5-3-8-18-11-13/h1-11H,12H2,(H,21,22). The van der Waals surface area contributed by atoms with Crippen molar-refractivity contribution in [2.24, 2.45) is 0 Å². The van der Waals surface area contributed by atoms with Crippen molar-refractivity contribution in [3.8, 4) is 11.3 Å². The molecule has 1 amide bonds. The molecule has 3 heterocycles. The van der Waals surface area contributed by atoms with Crippen LogP contribution in [0.5, 0.6) is 0 Å². The molecule has 5 heteroatoms. The molecule has 108 valence electrons. The molecular weight excluding hydrogens is 276 g/mol. The number of amides is 1. The van der Waals surface area contributed by atoms with Gasteiger partial charge in [-0.1, -0.05) is 12.1 Å². The van der Waals surface area contributed by atoms with E-state index in [1.807, 2.05) is 24.3 Å². The molecule has 0 bridgehead atoms. The van der Waals surface area contributed by atoms with Crippen molar-refractivity contribution >= 4 is 5.91 Å². The second-order valence-electron chi connectivity index (χ2n) is 4.65. The van der Waals surface area contributed by atoms with Crippen molar-refractivity contribution < 1.29 is 4.79 Å². The van der Waals surface area contributed by atoms with Gasteiger partial charge < -0.3 is 5.32 Å². The van der Waals surface area contributed by atoms with Crippen LogP contribution in [0.15, 0.2) is 67.3 Å². The van der Waals surface area contributed by atoms with Gasteiger partial charge in [-0.25, -0.2) is 0 Å². The molecule has 0 aromatic carbocycles. The van der Waals surface area contributed by atoms with Crippen LogP contribution in [0.3, 0.4) is 0 Å². The molecular formula is C17H14N4O. The second kappa shape index (κ2) is 6.58. The molecule has 0 radical (unpaired) electrons. The van der Waals surface area contributed by atoms with Crippen LogP contribution in [0.4, 0.5) is 0 Å². The van der Waals surface area contributed by atoms with Gasteiger partial charge in [0.25, 0.3) is 5.91 Å². The fourth-order valence-electron chi connectivity index (χ4n) is 2.11. The Morgan fingerprint density at radius 3 is 2.59 bits per heavy atom. The summed E-state index contributed by atoms with van der Waals surface area (Å²) in [6.45, 7) is 0.382. The van der Waals surface area contributed by atoms with Crippen molar-refractivity contribution in [3.63, 3.8) is 0 Å². The van der Waals surface area contributed by atoms with E-state index >= 15 is 0 Å². The van der Waals surface area contributed by atoms with Gasteiger partial charge in [0, 0.05) is 36.9 Å². The molecule has 0 unspecified atom stereocenters. The molecule has 1 N–H and O–H groups in total. The van der Waals surface area contributed by atoms with Gasteiger partial charge in [0.05, 0.1) is 5.69 Å². The summed E-state index contributed by atoms with van der Waals surface area (Å²) in [5, 5.41) is 2.86. The van der Waals surface area contributed by atoms with E-state index in [1.54, 1.807) is 43.0 Å². The molecule has 3 rings (SSSR count). The van der Waals surface area contributed by atoms with Crippen molar-refractivity contribution in [2.45, 2.75) is 6.54 Å². The largest absolute Gasteiger partial charge is 0.347 e. The minimum absolute atomic E-state index is 0.207. The predicted octanol–water partition coefficient (Wildman–Crippen LogP) is 2.47. The Hall–Kier alpha value is -3.08. The molecule has 0 aliphatic rings. The number of aromatic nitrogens is 3. The average Bonchev–Trinajstić information content (AvgIpc) is 2.61. The summed E-state index contributed by atoms with van der Waals surface area (Å²) >= 11 is 0. The maximum atomic E-state index is 12.1. The summed E-state index contributed by atoms with van der Waals surface area (Å²) in [4.78, 5) is 24.6. The molecule has 0 saturated heterocycles. The number of nitrogens with zero attached hydrogens (tertiary/aromatic N) is 3. The second-order valence-corrected chi connectivity index (χ2v) is 4.65. The minimum Gasteiger partial charge on any atom is -0.347 e. The van der Waals surface area contributed by atoms with Crippen LogP contribution in [0.25, 0.3) is 11.3 Å². The van der Waals surface area contributed by atoms with Gasteiger partial charge in [-0.3, -0.25) is 19.7 Å². The third kappa shape index (κ3) is 3.15. The van der Waals surface area contributed by atoms with E-state index in [-0.39, 0.29) is 5.91 Å². The Labute approximate surface area is 128 Å². The van der Waals surface area contributed by atoms with Crippen molar-refractivity contribution in [1.29, 1.82) is 0 Å². The van der Waals surface area contributed by atoms with E-state index < -0.39 is 0 Å². The first-order chi connectivity index (χ1) is 10.8. The number of hydrogen-bond acceptors (Lipinski definition) is 4. The summed E-state index contributed by atoms with van der Waals surface area (Å²) < 4.78 is 0. The Kier molecular flexibility index (Phi) is 4.15. The Morgan fingerprint density at radius 2 is 1.82 bits per heavy atom. The zero-order valence-corrected chi connectivity index (χ0v) is 11.8. The summed E-state index contributed by atoms with van der Waals surface area (Å²) in [5.41, 5.74) is 3.07. The third-order valence-electron chi connectivity index (χ3n) is 3.16. The highest BCUT2D eigenvalue weighted by molar-refractivity contribution is 5.92. The summed E-state index contributed by atoms with van der Waals surface area (Å²) in [5.74, 6) is -0.207. The SMILES string of the molecule is O=C(NCc1cccnc1-c1cccnc1)c1ccccn1. The maximum absolute atomic E-state index is 12.1. The lowest BCUT2D eigenvalue weighted by Crippen LogP contribution is -2.24. The van der Waals surface area contributed by atoms with E-state index in [0.717, 1.165) is 16.8 Å². The fourth-order valence-corrected chi connectivity index (χ4v) is 2.11. The molecule has 3 aromatic rings. The van der Waals surface area contributed by atoms with Crippen LogP contribution >= 0.6 is 0 Å². The van der Waals surface area contributed by atoms with Crippen molar-refractivity contribution in [1.82, 2.24) is 20.3 Å². The van der Waals surface area contributed by atoms with E-state index in [2.05, 4.69) is 20.3 Å². The molecule has 5 nitrogen and oxygen atoms in total. The molecule has 0 atom stereocenters. The highest BCUT2D eigenvalue weighted by Crippen LogP contribution is 2.19. The van der Waals surface area contributed by atoms with Crippen LogP contribution in [0.1, 0.15) is 16.1 Å². The molecule has 22 heavy (non-hydrogen) atoms. The third-order valence-corrected chi connectivity index (χ3v) is 3.16. The first-order valence-electron chi connectivity index (χ1n) is 6.88. The van der Waals surface area contributed by atoms with Crippen LogP contribution in [0.2, 0.25) is 0 Å². The normalized spacial score (nSPS) is 10.2. The summed E-state index contributed by atoms with van der Waals surface area (Å²) in [7, 11) is 0. The van der Waals surface area contributed by atoms with Crippen molar-refractivity contribution in [2.75, 3.05) is 0 Å². The summed E-state index contributed by atoms with van der Waals surface area (Å²) in [6.07, 6.45) is 6.80. The molecule has 0 aliphatic heterocycles. The maximum Gasteiger partial charge on any atom is 0.270 e. The number of nitrogens with one attached hydrogen (secondary N) is 1. The average molecular weight is 290 g/mol. The smallest absolute Gasteiger partial charge is 0.270 e. The van der Waals surface area contributed by atoms with Gasteiger partial charge in [0.15, 0.2) is 0 Å². The molecule has 0 aliphatic carbocycles. The zero-order chi connectivity index (χ0) is 15.2. The number of hydrogen-bond donors (Lipinski definition) is 1. The topological polar surface area (TPSA) is 67.8 Å². The lowest BCUT2D eigenvalue weighted by Gasteiger charge is -2.09. The quantitative estimate of drug-likeness (QED) is 0.801. The highest BCUT2D eigenvalue weighted by Gasteiger charge is 2.09. The number of rotatable bonds is 4. The van der Waals surface area contributed by atoms with Gasteiger partial charge >= 0.3 is 0 Å². The zero-order valence-electron chi connectivity index (χ0n) is 11.8. The molecule has 0 spiro atoms. The lowest BCUT2D eigenvalue weighted by molar-refractivity contribution is 0.0946. The van der Waals surface area contributed by atoms with E-state index in [1.165, 1.54) is 0 Å². The van der Waals surface area contributed by atoms with E-state index in [0.29, 0.717) is 12.2 Å². The first-order valence-corrected chi connectivity index (χ1v) is 6.88. The number of pyridine rings is 3. The molecule has 0 saturated carbocycles. The van der Waals surface area contributed by atoms with Gasteiger partial charge in [0.2, 0.25) is 0 Å². The van der Waals surface area contributed by atoms with Crippen molar-refractivity contribution in [3.05, 3.63) is 78.5 Å². The highest BCUT2D eigenvalue weighted by atomic mass is 16.1. The Morgan fingerprint density at radius 1 is 0.955 bits per heavy atom. The molecule has 3 aromatic heterocycles. The van der Waals surface area contributed by atoms with Gasteiger partial charge in [-0.2, -0.15) is 0 Å². The van der Waals surface area contributed by atoms with Crippen LogP contribution in [-0.4, -0.2) is 20.9 Å². The Bertz CT molecular complexity index is 760. The van der Waals surface area contributed by atoms with Crippen LogP contribution < -0.4 is 5.32 Å². The predicted molar refractivity (Wildman–Crippen MR) is 82.9 cm³/mol. The van der Waals surface area contributed by atoms with Crippen LogP contribution in [0, 0.1) is 0 Å². The fraction of sp³-hybridized carbons (Fsp3) is 0.0588. The lowest BCUT2D eigenvalue weighted by atomic mass is 10.1. The summed E-state index contributed by atoms with van der Waals surface area (Å²) in [6, 6.07) is 12.8. The van der Waals surface area contributed by atoms with Crippen LogP contribution in [-0.2, 0) is 6.54 Å². The minimum atomic E-state index is -0.207. The van der Waals surface area contributed by atoms with E-state index in [9.17, 15) is 4.79 Å². The molecule has 0 fully saturated rings. The number of carbonyl (C=O) groups excluding carboxylic acids is 1. The monoisotopic (exact) mass is 290 g/mol. The first kappa shape index (κ1) is 13.9. The Balaban J connectivity index is 1.78. The van der Waals surface area contributed by atoms with Gasteiger partial charge in [-0.15, -0.1) is 0 Å². The number of carbonyl (C=O) groups is 1.